The molecule has 16 heavy (non-hydrogen) atoms. The summed E-state index contributed by atoms with van der Waals surface area (Å²) in [4.78, 5) is 7.05. The Hall–Kier alpha value is -0.980. The number of nitrogens with one attached hydrogen (secondary N) is 1. The highest BCUT2D eigenvalue weighted by Gasteiger charge is 2.13. The highest BCUT2D eigenvalue weighted by atomic mass is 79.9. The Labute approximate surface area is 99.8 Å². The first-order valence-electron chi connectivity index (χ1n) is 4.84. The van der Waals surface area contributed by atoms with E-state index in [1.165, 1.54) is 6.07 Å². The summed E-state index contributed by atoms with van der Waals surface area (Å²) < 4.78 is 13.6. The molecule has 0 aliphatic heterocycles. The minimum absolute atomic E-state index is 0.353. The van der Waals surface area contributed by atoms with Crippen LogP contribution in [0.25, 0.3) is 11.0 Å². The third kappa shape index (κ3) is 2.09. The first-order chi connectivity index (χ1) is 7.61. The third-order valence-electron chi connectivity index (χ3n) is 2.30. The monoisotopic (exact) mass is 287 g/mol. The number of H-pyrrole nitrogens is 1. The predicted molar refractivity (Wildman–Crippen MR) is 62.4 cm³/mol. The van der Waals surface area contributed by atoms with Crippen molar-refractivity contribution in [3.05, 3.63) is 28.2 Å². The van der Waals surface area contributed by atoms with Crippen LogP contribution in [0.3, 0.4) is 0 Å². The van der Waals surface area contributed by atoms with Crippen molar-refractivity contribution in [2.45, 2.75) is 12.5 Å². The molecule has 1 atom stereocenters. The number of aliphatic hydroxyl groups is 1. The van der Waals surface area contributed by atoms with Crippen molar-refractivity contribution in [3.63, 3.8) is 0 Å². The van der Waals surface area contributed by atoms with Gasteiger partial charge >= 0.3 is 0 Å². The van der Waals surface area contributed by atoms with E-state index in [4.69, 9.17) is 5.73 Å². The molecule has 0 amide bonds. The number of rotatable bonds is 3. The fraction of sp³-hybridized carbons (Fsp3) is 0.300. The number of hydrogen-bond acceptors (Lipinski definition) is 3. The molecule has 1 aromatic heterocycles. The number of aromatic nitrogens is 2. The molecule has 0 aliphatic carbocycles. The van der Waals surface area contributed by atoms with Crippen LogP contribution in [0.1, 0.15) is 18.3 Å². The van der Waals surface area contributed by atoms with Gasteiger partial charge in [-0.25, -0.2) is 9.37 Å². The summed E-state index contributed by atoms with van der Waals surface area (Å²) in [6.07, 6.45) is -0.317. The van der Waals surface area contributed by atoms with E-state index in [1.54, 1.807) is 6.07 Å². The van der Waals surface area contributed by atoms with Gasteiger partial charge < -0.3 is 15.8 Å². The van der Waals surface area contributed by atoms with Gasteiger partial charge in [0.15, 0.2) is 0 Å². The van der Waals surface area contributed by atoms with Gasteiger partial charge in [-0.05, 0) is 35.0 Å². The van der Waals surface area contributed by atoms with Gasteiger partial charge in [0.1, 0.15) is 17.7 Å². The molecule has 0 bridgehead atoms. The van der Waals surface area contributed by atoms with Crippen LogP contribution in [0, 0.1) is 5.82 Å². The molecule has 4 nitrogen and oxygen atoms in total. The van der Waals surface area contributed by atoms with Crippen molar-refractivity contribution in [1.82, 2.24) is 9.97 Å². The Morgan fingerprint density at radius 1 is 1.56 bits per heavy atom. The fourth-order valence-corrected chi connectivity index (χ4v) is 1.81. The van der Waals surface area contributed by atoms with Crippen LogP contribution in [0.4, 0.5) is 4.39 Å². The topological polar surface area (TPSA) is 74.9 Å². The molecule has 1 unspecified atom stereocenters. The molecule has 0 spiro atoms. The van der Waals surface area contributed by atoms with Crippen LogP contribution in [-0.2, 0) is 0 Å². The SMILES string of the molecule is NCCC(O)c1nc2cc(Br)c(F)cc2[nH]1. The number of fused-ring (bicyclic) bond motifs is 1. The molecule has 0 saturated heterocycles. The van der Waals surface area contributed by atoms with E-state index in [1.807, 2.05) is 0 Å². The zero-order valence-corrected chi connectivity index (χ0v) is 9.96. The lowest BCUT2D eigenvalue weighted by molar-refractivity contribution is 0.162. The minimum Gasteiger partial charge on any atom is -0.385 e. The van der Waals surface area contributed by atoms with Crippen LogP contribution in [0.2, 0.25) is 0 Å². The second kappa shape index (κ2) is 4.48. The average Bonchev–Trinajstić information content (AvgIpc) is 2.62. The molecule has 0 fully saturated rings. The van der Waals surface area contributed by atoms with Gasteiger partial charge in [-0.15, -0.1) is 0 Å². The number of halogens is 2. The summed E-state index contributed by atoms with van der Waals surface area (Å²) in [6.45, 7) is 0.371. The largest absolute Gasteiger partial charge is 0.385 e. The normalized spacial score (nSPS) is 13.2. The van der Waals surface area contributed by atoms with Crippen molar-refractivity contribution >= 4 is 27.0 Å². The summed E-state index contributed by atoms with van der Waals surface area (Å²) in [6, 6.07) is 2.91. The lowest BCUT2D eigenvalue weighted by Crippen LogP contribution is -2.07. The quantitative estimate of drug-likeness (QED) is 0.806. The van der Waals surface area contributed by atoms with Crippen molar-refractivity contribution in [2.75, 3.05) is 6.54 Å². The summed E-state index contributed by atoms with van der Waals surface area (Å²) >= 11 is 3.08. The maximum atomic E-state index is 13.2. The predicted octanol–water partition coefficient (Wildman–Crippen LogP) is 1.85. The standard InChI is InChI=1S/C10H11BrFN3O/c11-5-3-7-8(4-6(5)12)15-10(14-7)9(16)1-2-13/h3-4,9,16H,1-2,13H2,(H,14,15). The zero-order chi connectivity index (χ0) is 11.7. The van der Waals surface area contributed by atoms with Gasteiger partial charge in [0, 0.05) is 6.07 Å². The van der Waals surface area contributed by atoms with Crippen LogP contribution in [-0.4, -0.2) is 21.6 Å². The van der Waals surface area contributed by atoms with Crippen molar-refractivity contribution in [2.24, 2.45) is 5.73 Å². The number of nitrogens with two attached hydrogens (primary N) is 1. The van der Waals surface area contributed by atoms with Gasteiger partial charge in [-0.3, -0.25) is 0 Å². The Balaban J connectivity index is 2.43. The molecule has 0 saturated carbocycles. The van der Waals surface area contributed by atoms with Crippen molar-refractivity contribution in [1.29, 1.82) is 0 Å². The highest BCUT2D eigenvalue weighted by molar-refractivity contribution is 9.10. The Kier molecular flexibility index (Phi) is 3.22. The molecule has 4 N–H and O–H groups in total. The van der Waals surface area contributed by atoms with Gasteiger partial charge in [0.25, 0.3) is 0 Å². The smallest absolute Gasteiger partial charge is 0.139 e. The van der Waals surface area contributed by atoms with E-state index in [9.17, 15) is 9.50 Å². The lowest BCUT2D eigenvalue weighted by atomic mass is 10.2. The fourth-order valence-electron chi connectivity index (χ4n) is 1.48. The lowest BCUT2D eigenvalue weighted by Gasteiger charge is -2.03. The Bertz CT molecular complexity index is 475. The number of hydrogen-bond donors (Lipinski definition) is 3. The average molecular weight is 288 g/mol. The van der Waals surface area contributed by atoms with Crippen molar-refractivity contribution in [3.8, 4) is 0 Å². The minimum atomic E-state index is -0.737. The second-order valence-electron chi connectivity index (χ2n) is 3.50. The molecule has 86 valence electrons. The molecule has 2 rings (SSSR count). The van der Waals surface area contributed by atoms with E-state index in [0.717, 1.165) is 0 Å². The zero-order valence-electron chi connectivity index (χ0n) is 8.37. The molecule has 0 aliphatic rings. The van der Waals surface area contributed by atoms with E-state index in [-0.39, 0.29) is 5.82 Å². The molecule has 1 heterocycles. The molecular weight excluding hydrogens is 277 g/mol. The van der Waals surface area contributed by atoms with Gasteiger partial charge in [-0.1, -0.05) is 0 Å². The first kappa shape index (κ1) is 11.5. The van der Waals surface area contributed by atoms with E-state index < -0.39 is 6.10 Å². The van der Waals surface area contributed by atoms with Crippen LogP contribution < -0.4 is 5.73 Å². The maximum absolute atomic E-state index is 13.2. The van der Waals surface area contributed by atoms with Crippen molar-refractivity contribution < 1.29 is 9.50 Å². The molecule has 6 heteroatoms. The van der Waals surface area contributed by atoms with E-state index in [0.29, 0.717) is 34.3 Å². The molecule has 1 aromatic carbocycles. The summed E-state index contributed by atoms with van der Waals surface area (Å²) in [7, 11) is 0. The van der Waals surface area contributed by atoms with Crippen LogP contribution in [0.15, 0.2) is 16.6 Å². The molecule has 2 aromatic rings. The summed E-state index contributed by atoms with van der Waals surface area (Å²) in [5.41, 5.74) is 6.51. The van der Waals surface area contributed by atoms with Gasteiger partial charge in [0.2, 0.25) is 0 Å². The molecule has 0 radical (unpaired) electrons. The van der Waals surface area contributed by atoms with Crippen LogP contribution in [0.5, 0.6) is 0 Å². The van der Waals surface area contributed by atoms with E-state index >= 15 is 0 Å². The Morgan fingerprint density at radius 3 is 3.00 bits per heavy atom. The summed E-state index contributed by atoms with van der Waals surface area (Å²) in [5.74, 6) is 0.0500. The number of aliphatic hydroxyl groups excluding tert-OH is 1. The molecular formula is C10H11BrFN3O. The number of imidazole rings is 1. The first-order valence-corrected chi connectivity index (χ1v) is 5.64. The summed E-state index contributed by atoms with van der Waals surface area (Å²) in [5, 5.41) is 9.68. The Morgan fingerprint density at radius 2 is 2.31 bits per heavy atom. The third-order valence-corrected chi connectivity index (χ3v) is 2.91. The maximum Gasteiger partial charge on any atom is 0.139 e. The second-order valence-corrected chi connectivity index (χ2v) is 4.35. The van der Waals surface area contributed by atoms with Gasteiger partial charge in [-0.2, -0.15) is 0 Å². The highest BCUT2D eigenvalue weighted by Crippen LogP contribution is 2.23. The number of nitrogens with zero attached hydrogens (tertiary/aromatic N) is 1. The number of aromatic amines is 1. The number of benzene rings is 1. The van der Waals surface area contributed by atoms with E-state index in [2.05, 4.69) is 25.9 Å². The van der Waals surface area contributed by atoms with Gasteiger partial charge in [0.05, 0.1) is 15.5 Å². The van der Waals surface area contributed by atoms with Crippen LogP contribution >= 0.6 is 15.9 Å².